The number of carbonyl (C=O) groups excluding carboxylic acids is 1. The van der Waals surface area contributed by atoms with Gasteiger partial charge in [-0.2, -0.15) is 0 Å². The first kappa shape index (κ1) is 19.9. The van der Waals surface area contributed by atoms with Gasteiger partial charge in [-0.1, -0.05) is 98.9 Å². The Kier molecular flexibility index (Phi) is 6.11. The molecule has 3 aromatic carbocycles. The van der Waals surface area contributed by atoms with Crippen LogP contribution in [-0.4, -0.2) is 18.7 Å². The second kappa shape index (κ2) is 8.93. The minimum atomic E-state index is -0.650. The van der Waals surface area contributed by atoms with E-state index in [0.717, 1.165) is 19.0 Å². The summed E-state index contributed by atoms with van der Waals surface area (Å²) in [6.07, 6.45) is 3.01. The zero-order chi connectivity index (χ0) is 20.1. The molecule has 0 N–H and O–H groups in total. The zero-order valence-electron chi connectivity index (χ0n) is 16.8. The van der Waals surface area contributed by atoms with Crippen molar-refractivity contribution in [1.29, 1.82) is 0 Å². The van der Waals surface area contributed by atoms with Crippen LogP contribution >= 0.6 is 7.92 Å². The lowest BCUT2D eigenvalue weighted by molar-refractivity contribution is -0.149. The molecule has 0 aromatic heterocycles. The summed E-state index contributed by atoms with van der Waals surface area (Å²) in [5.74, 6) is -0.254. The largest absolute Gasteiger partial charge is 0.466 e. The first-order chi connectivity index (χ1) is 14.3. The number of esters is 1. The molecule has 1 heterocycles. The highest BCUT2D eigenvalue weighted by atomic mass is 31.1. The van der Waals surface area contributed by atoms with Gasteiger partial charge in [0.05, 0.1) is 17.7 Å². The van der Waals surface area contributed by atoms with Gasteiger partial charge in [0.25, 0.3) is 0 Å². The van der Waals surface area contributed by atoms with Crippen LogP contribution in [0.3, 0.4) is 0 Å². The van der Waals surface area contributed by atoms with Gasteiger partial charge in [-0.25, -0.2) is 0 Å². The maximum Gasteiger partial charge on any atom is 0.310 e. The lowest BCUT2D eigenvalue weighted by atomic mass is 9.77. The number of hydrogen-bond donors (Lipinski definition) is 0. The predicted octanol–water partition coefficient (Wildman–Crippen LogP) is 5.71. The number of benzene rings is 3. The summed E-state index contributed by atoms with van der Waals surface area (Å²) in [5, 5.41) is 0.966. The third-order valence-electron chi connectivity index (χ3n) is 5.87. The van der Waals surface area contributed by atoms with Gasteiger partial charge in [-0.05, 0) is 42.4 Å². The molecular formula is C26H27O2P. The summed E-state index contributed by atoms with van der Waals surface area (Å²) in [6.45, 7) is 2.31. The average Bonchev–Trinajstić information content (AvgIpc) is 2.80. The lowest BCUT2D eigenvalue weighted by Gasteiger charge is -2.50. The maximum absolute atomic E-state index is 13.3. The fourth-order valence-corrected chi connectivity index (χ4v) is 8.35. The molecule has 2 nitrogen and oxygen atoms in total. The van der Waals surface area contributed by atoms with Crippen molar-refractivity contribution in [2.75, 3.05) is 12.8 Å². The first-order valence-corrected chi connectivity index (χ1v) is 11.9. The molecule has 2 unspecified atom stereocenters. The molecule has 0 spiro atoms. The SMILES string of the molecule is CCOC(=O)C1CCCP(c2ccccc2)C1(c1ccccc1)c1ccccc1. The van der Waals surface area contributed by atoms with Gasteiger partial charge in [-0.15, -0.1) is 0 Å². The molecule has 29 heavy (non-hydrogen) atoms. The van der Waals surface area contributed by atoms with Gasteiger partial charge < -0.3 is 4.74 Å². The van der Waals surface area contributed by atoms with Gasteiger partial charge in [-0.3, -0.25) is 4.79 Å². The van der Waals surface area contributed by atoms with E-state index in [2.05, 4.69) is 91.0 Å². The van der Waals surface area contributed by atoms with Crippen LogP contribution in [0.5, 0.6) is 0 Å². The van der Waals surface area contributed by atoms with Crippen molar-refractivity contribution in [3.05, 3.63) is 102 Å². The summed E-state index contributed by atoms with van der Waals surface area (Å²) in [7, 11) is -0.650. The molecule has 1 saturated heterocycles. The van der Waals surface area contributed by atoms with E-state index >= 15 is 0 Å². The number of carbonyl (C=O) groups is 1. The number of rotatable bonds is 5. The van der Waals surface area contributed by atoms with Crippen LogP contribution in [0.4, 0.5) is 0 Å². The van der Waals surface area contributed by atoms with Crippen molar-refractivity contribution in [2.24, 2.45) is 5.92 Å². The van der Waals surface area contributed by atoms with E-state index in [1.807, 2.05) is 6.92 Å². The predicted molar refractivity (Wildman–Crippen MR) is 121 cm³/mol. The van der Waals surface area contributed by atoms with Crippen LogP contribution in [0.1, 0.15) is 30.9 Å². The van der Waals surface area contributed by atoms with Crippen molar-refractivity contribution in [3.63, 3.8) is 0 Å². The quantitative estimate of drug-likeness (QED) is 0.404. The van der Waals surface area contributed by atoms with Crippen LogP contribution in [0.15, 0.2) is 91.0 Å². The molecule has 148 valence electrons. The number of ether oxygens (including phenoxy) is 1. The fourth-order valence-electron chi connectivity index (χ4n) is 4.76. The molecule has 0 aliphatic carbocycles. The van der Waals surface area contributed by atoms with E-state index in [1.165, 1.54) is 16.4 Å². The van der Waals surface area contributed by atoms with E-state index in [0.29, 0.717) is 6.61 Å². The Morgan fingerprint density at radius 2 is 1.41 bits per heavy atom. The fraction of sp³-hybridized carbons (Fsp3) is 0.269. The van der Waals surface area contributed by atoms with Crippen LogP contribution in [-0.2, 0) is 14.7 Å². The highest BCUT2D eigenvalue weighted by molar-refractivity contribution is 7.67. The first-order valence-electron chi connectivity index (χ1n) is 10.4. The highest BCUT2D eigenvalue weighted by Crippen LogP contribution is 2.66. The second-order valence-corrected chi connectivity index (χ2v) is 9.96. The zero-order valence-corrected chi connectivity index (χ0v) is 17.7. The van der Waals surface area contributed by atoms with E-state index in [9.17, 15) is 4.79 Å². The lowest BCUT2D eigenvalue weighted by Crippen LogP contribution is -2.45. The van der Waals surface area contributed by atoms with Crippen LogP contribution in [0.25, 0.3) is 0 Å². The van der Waals surface area contributed by atoms with Crippen molar-refractivity contribution in [2.45, 2.75) is 24.9 Å². The van der Waals surface area contributed by atoms with Gasteiger partial charge >= 0.3 is 5.97 Å². The Labute approximate surface area is 174 Å². The minimum Gasteiger partial charge on any atom is -0.466 e. The smallest absolute Gasteiger partial charge is 0.310 e. The van der Waals surface area contributed by atoms with E-state index in [1.54, 1.807) is 0 Å². The van der Waals surface area contributed by atoms with Gasteiger partial charge in [0.1, 0.15) is 0 Å². The van der Waals surface area contributed by atoms with E-state index in [-0.39, 0.29) is 17.0 Å². The molecule has 0 bridgehead atoms. The Balaban J connectivity index is 2.01. The van der Waals surface area contributed by atoms with Gasteiger partial charge in [0, 0.05) is 0 Å². The molecule has 1 aliphatic rings. The molecule has 2 atom stereocenters. The summed E-state index contributed by atoms with van der Waals surface area (Å²) < 4.78 is 5.64. The van der Waals surface area contributed by atoms with Crippen molar-refractivity contribution in [1.82, 2.24) is 0 Å². The summed E-state index contributed by atoms with van der Waals surface area (Å²) in [4.78, 5) is 13.3. The van der Waals surface area contributed by atoms with Crippen LogP contribution in [0.2, 0.25) is 0 Å². The van der Waals surface area contributed by atoms with Crippen LogP contribution in [0, 0.1) is 5.92 Å². The topological polar surface area (TPSA) is 26.3 Å². The van der Waals surface area contributed by atoms with Crippen LogP contribution < -0.4 is 5.30 Å². The molecule has 0 saturated carbocycles. The standard InChI is InChI=1S/C26H27O2P/c1-2-28-25(27)24-19-12-20-29(23-17-10-5-11-18-23)26(24,21-13-6-3-7-14-21)22-15-8-4-9-16-22/h3-11,13-18,24H,2,12,19-20H2,1H3. The van der Waals surface area contributed by atoms with Crippen molar-refractivity contribution < 1.29 is 9.53 Å². The molecule has 3 aromatic rings. The average molecular weight is 402 g/mol. The summed E-state index contributed by atoms with van der Waals surface area (Å²) in [5.41, 5.74) is 2.44. The molecule has 0 amide bonds. The maximum atomic E-state index is 13.3. The second-order valence-electron chi connectivity index (χ2n) is 7.43. The molecule has 3 heteroatoms. The van der Waals surface area contributed by atoms with E-state index < -0.39 is 7.92 Å². The van der Waals surface area contributed by atoms with Crippen molar-refractivity contribution >= 4 is 19.2 Å². The molecule has 1 aliphatic heterocycles. The monoisotopic (exact) mass is 402 g/mol. The summed E-state index contributed by atoms with van der Waals surface area (Å²) >= 11 is 0. The number of hydrogen-bond acceptors (Lipinski definition) is 2. The Morgan fingerprint density at radius 3 is 1.93 bits per heavy atom. The Hall–Kier alpha value is -2.44. The highest BCUT2D eigenvalue weighted by Gasteiger charge is 2.53. The molecule has 0 radical (unpaired) electrons. The summed E-state index contributed by atoms with van der Waals surface area (Å²) in [6, 6.07) is 32.0. The molecular weight excluding hydrogens is 375 g/mol. The Bertz CT molecular complexity index is 885. The van der Waals surface area contributed by atoms with Gasteiger partial charge in [0.15, 0.2) is 0 Å². The minimum absolute atomic E-state index is 0.0664. The normalized spacial score (nSPS) is 20.7. The molecule has 4 rings (SSSR count). The van der Waals surface area contributed by atoms with Crippen molar-refractivity contribution in [3.8, 4) is 0 Å². The third-order valence-corrected chi connectivity index (χ3v) is 9.24. The van der Waals surface area contributed by atoms with Gasteiger partial charge in [0.2, 0.25) is 0 Å². The molecule has 1 fully saturated rings. The Morgan fingerprint density at radius 1 is 0.897 bits per heavy atom. The third kappa shape index (κ3) is 3.63. The van der Waals surface area contributed by atoms with E-state index in [4.69, 9.17) is 4.74 Å².